The zero-order valence-electron chi connectivity index (χ0n) is 13.0. The second kappa shape index (κ2) is 7.55. The number of hydrogen-bond acceptors (Lipinski definition) is 2. The lowest BCUT2D eigenvalue weighted by Gasteiger charge is -2.35. The fraction of sp³-hybridized carbons (Fsp3) is 0.588. The van der Waals surface area contributed by atoms with Crippen molar-refractivity contribution in [2.45, 2.75) is 26.7 Å². The van der Waals surface area contributed by atoms with Crippen LogP contribution < -0.4 is 0 Å². The van der Waals surface area contributed by atoms with Crippen LogP contribution in [0, 0.1) is 11.7 Å². The standard InChI is InChI=1S/C17H25FN2O/c1-14(2)13-19-9-11-20(12-10-19)17(21)8-7-15-5-3-4-6-16(15)18/h3-6,14H,7-13H2,1-2H3. The predicted octanol–water partition coefficient (Wildman–Crippen LogP) is 2.56. The molecule has 1 saturated heterocycles. The van der Waals surface area contributed by atoms with Crippen LogP contribution in [0.4, 0.5) is 4.39 Å². The van der Waals surface area contributed by atoms with Crippen molar-refractivity contribution in [3.05, 3.63) is 35.6 Å². The summed E-state index contributed by atoms with van der Waals surface area (Å²) in [5.74, 6) is 0.586. The van der Waals surface area contributed by atoms with Crippen LogP contribution in [0.2, 0.25) is 0 Å². The number of hydrogen-bond donors (Lipinski definition) is 0. The van der Waals surface area contributed by atoms with E-state index < -0.39 is 0 Å². The third kappa shape index (κ3) is 4.81. The number of carbonyl (C=O) groups excluding carboxylic acids is 1. The molecule has 116 valence electrons. The first-order chi connectivity index (χ1) is 10.1. The number of rotatable bonds is 5. The number of aryl methyl sites for hydroxylation is 1. The van der Waals surface area contributed by atoms with E-state index in [1.54, 1.807) is 12.1 Å². The molecule has 2 rings (SSSR count). The van der Waals surface area contributed by atoms with Crippen LogP contribution in [0.15, 0.2) is 24.3 Å². The molecule has 21 heavy (non-hydrogen) atoms. The monoisotopic (exact) mass is 292 g/mol. The Morgan fingerprint density at radius 1 is 1.19 bits per heavy atom. The molecule has 1 aromatic rings. The van der Waals surface area contributed by atoms with Crippen molar-refractivity contribution in [3.63, 3.8) is 0 Å². The van der Waals surface area contributed by atoms with Crippen molar-refractivity contribution in [2.24, 2.45) is 5.92 Å². The molecule has 0 saturated carbocycles. The zero-order valence-corrected chi connectivity index (χ0v) is 13.0. The molecular formula is C17H25FN2O. The van der Waals surface area contributed by atoms with Gasteiger partial charge in [0, 0.05) is 39.1 Å². The predicted molar refractivity (Wildman–Crippen MR) is 82.6 cm³/mol. The Labute approximate surface area is 126 Å². The smallest absolute Gasteiger partial charge is 0.222 e. The van der Waals surface area contributed by atoms with Gasteiger partial charge in [-0.3, -0.25) is 9.69 Å². The first-order valence-electron chi connectivity index (χ1n) is 7.80. The lowest BCUT2D eigenvalue weighted by atomic mass is 10.1. The highest BCUT2D eigenvalue weighted by Gasteiger charge is 2.21. The highest BCUT2D eigenvalue weighted by molar-refractivity contribution is 5.76. The van der Waals surface area contributed by atoms with Crippen molar-refractivity contribution in [3.8, 4) is 0 Å². The van der Waals surface area contributed by atoms with Crippen molar-refractivity contribution in [1.29, 1.82) is 0 Å². The van der Waals surface area contributed by atoms with Crippen LogP contribution in [0.3, 0.4) is 0 Å². The molecule has 1 fully saturated rings. The van der Waals surface area contributed by atoms with Gasteiger partial charge in [0.25, 0.3) is 0 Å². The molecule has 0 atom stereocenters. The average Bonchev–Trinajstić information content (AvgIpc) is 2.46. The molecule has 0 aromatic heterocycles. The Morgan fingerprint density at radius 3 is 2.48 bits per heavy atom. The minimum absolute atomic E-state index is 0.141. The summed E-state index contributed by atoms with van der Waals surface area (Å²) in [6, 6.07) is 6.69. The molecule has 4 heteroatoms. The van der Waals surface area contributed by atoms with Crippen LogP contribution in [0.1, 0.15) is 25.8 Å². The largest absolute Gasteiger partial charge is 0.340 e. The van der Waals surface area contributed by atoms with Crippen LogP contribution in [-0.2, 0) is 11.2 Å². The molecule has 0 aliphatic carbocycles. The van der Waals surface area contributed by atoms with Gasteiger partial charge in [-0.05, 0) is 24.0 Å². The Hall–Kier alpha value is -1.42. The van der Waals surface area contributed by atoms with Gasteiger partial charge >= 0.3 is 0 Å². The van der Waals surface area contributed by atoms with Gasteiger partial charge in [0.2, 0.25) is 5.91 Å². The number of benzene rings is 1. The van der Waals surface area contributed by atoms with Crippen LogP contribution in [-0.4, -0.2) is 48.4 Å². The summed E-state index contributed by atoms with van der Waals surface area (Å²) >= 11 is 0. The van der Waals surface area contributed by atoms with Gasteiger partial charge in [-0.2, -0.15) is 0 Å². The Kier molecular flexibility index (Phi) is 5.74. The topological polar surface area (TPSA) is 23.6 Å². The molecule has 1 aromatic carbocycles. The molecule has 3 nitrogen and oxygen atoms in total. The summed E-state index contributed by atoms with van der Waals surface area (Å²) in [5.41, 5.74) is 0.629. The van der Waals surface area contributed by atoms with Gasteiger partial charge in [-0.25, -0.2) is 4.39 Å². The van der Waals surface area contributed by atoms with E-state index in [-0.39, 0.29) is 11.7 Å². The molecule has 0 bridgehead atoms. The van der Waals surface area contributed by atoms with Crippen LogP contribution in [0.25, 0.3) is 0 Å². The van der Waals surface area contributed by atoms with E-state index in [0.29, 0.717) is 24.3 Å². The average molecular weight is 292 g/mol. The van der Waals surface area contributed by atoms with Crippen LogP contribution in [0.5, 0.6) is 0 Å². The van der Waals surface area contributed by atoms with E-state index in [4.69, 9.17) is 0 Å². The van der Waals surface area contributed by atoms with Crippen LogP contribution >= 0.6 is 0 Å². The lowest BCUT2D eigenvalue weighted by molar-refractivity contribution is -0.132. The van der Waals surface area contributed by atoms with Crippen molar-refractivity contribution < 1.29 is 9.18 Å². The van der Waals surface area contributed by atoms with E-state index in [2.05, 4.69) is 18.7 Å². The van der Waals surface area contributed by atoms with E-state index >= 15 is 0 Å². The third-order valence-corrected chi connectivity index (χ3v) is 3.91. The van der Waals surface area contributed by atoms with Gasteiger partial charge < -0.3 is 4.90 Å². The molecule has 1 heterocycles. The highest BCUT2D eigenvalue weighted by atomic mass is 19.1. The number of piperazine rings is 1. The molecule has 0 unspecified atom stereocenters. The Morgan fingerprint density at radius 2 is 1.86 bits per heavy atom. The quantitative estimate of drug-likeness (QED) is 0.833. The van der Waals surface area contributed by atoms with Gasteiger partial charge in [-0.1, -0.05) is 32.0 Å². The van der Waals surface area contributed by atoms with Crippen molar-refractivity contribution in [1.82, 2.24) is 9.80 Å². The number of halogens is 1. The highest BCUT2D eigenvalue weighted by Crippen LogP contribution is 2.11. The van der Waals surface area contributed by atoms with E-state index in [1.165, 1.54) is 6.07 Å². The molecule has 0 N–H and O–H groups in total. The lowest BCUT2D eigenvalue weighted by Crippen LogP contribution is -2.49. The Bertz CT molecular complexity index is 468. The number of carbonyl (C=O) groups is 1. The van der Waals surface area contributed by atoms with E-state index in [9.17, 15) is 9.18 Å². The maximum atomic E-state index is 13.5. The first-order valence-corrected chi connectivity index (χ1v) is 7.80. The third-order valence-electron chi connectivity index (χ3n) is 3.91. The van der Waals surface area contributed by atoms with Gasteiger partial charge in [0.15, 0.2) is 0 Å². The second-order valence-corrected chi connectivity index (χ2v) is 6.17. The molecule has 1 amide bonds. The minimum Gasteiger partial charge on any atom is -0.340 e. The summed E-state index contributed by atoms with van der Waals surface area (Å²) in [4.78, 5) is 16.5. The normalized spacial score (nSPS) is 16.5. The summed E-state index contributed by atoms with van der Waals surface area (Å²) in [6.07, 6.45) is 0.878. The van der Waals surface area contributed by atoms with E-state index in [1.807, 2.05) is 11.0 Å². The maximum Gasteiger partial charge on any atom is 0.222 e. The van der Waals surface area contributed by atoms with Gasteiger partial charge in [-0.15, -0.1) is 0 Å². The molecule has 0 spiro atoms. The molecular weight excluding hydrogens is 267 g/mol. The zero-order chi connectivity index (χ0) is 15.2. The van der Waals surface area contributed by atoms with Gasteiger partial charge in [0.1, 0.15) is 5.82 Å². The van der Waals surface area contributed by atoms with E-state index in [0.717, 1.165) is 32.7 Å². The summed E-state index contributed by atoms with van der Waals surface area (Å²) in [7, 11) is 0. The Balaban J connectivity index is 1.76. The second-order valence-electron chi connectivity index (χ2n) is 6.17. The number of nitrogens with zero attached hydrogens (tertiary/aromatic N) is 2. The number of amides is 1. The first kappa shape index (κ1) is 16.0. The fourth-order valence-corrected chi connectivity index (χ4v) is 2.80. The maximum absolute atomic E-state index is 13.5. The molecule has 0 radical (unpaired) electrons. The SMILES string of the molecule is CC(C)CN1CCN(C(=O)CCc2ccccc2F)CC1. The summed E-state index contributed by atoms with van der Waals surface area (Å²) in [6.45, 7) is 9.01. The van der Waals surface area contributed by atoms with Crippen molar-refractivity contribution in [2.75, 3.05) is 32.7 Å². The fourth-order valence-electron chi connectivity index (χ4n) is 2.80. The van der Waals surface area contributed by atoms with Gasteiger partial charge in [0.05, 0.1) is 0 Å². The molecule has 1 aliphatic rings. The minimum atomic E-state index is -0.216. The summed E-state index contributed by atoms with van der Waals surface area (Å²) < 4.78 is 13.5. The molecule has 1 aliphatic heterocycles. The van der Waals surface area contributed by atoms with Crippen molar-refractivity contribution >= 4 is 5.91 Å². The summed E-state index contributed by atoms with van der Waals surface area (Å²) in [5, 5.41) is 0.